The summed E-state index contributed by atoms with van der Waals surface area (Å²) in [7, 11) is 0. The number of aryl methyl sites for hydroxylation is 1. The lowest BCUT2D eigenvalue weighted by atomic mass is 10.1. The van der Waals surface area contributed by atoms with E-state index in [0.717, 1.165) is 11.3 Å². The van der Waals surface area contributed by atoms with Gasteiger partial charge in [-0.1, -0.05) is 31.5 Å². The van der Waals surface area contributed by atoms with Crippen molar-refractivity contribution in [3.8, 4) is 5.75 Å². The molecule has 2 aromatic rings. The van der Waals surface area contributed by atoms with E-state index in [4.69, 9.17) is 4.74 Å². The first kappa shape index (κ1) is 18.0. The number of hydrogen-bond donors (Lipinski definition) is 1. The summed E-state index contributed by atoms with van der Waals surface area (Å²) < 4.78 is 5.76. The van der Waals surface area contributed by atoms with Gasteiger partial charge in [0.1, 0.15) is 5.75 Å². The molecule has 1 unspecified atom stereocenters. The average molecular weight is 352 g/mol. The van der Waals surface area contributed by atoms with Crippen molar-refractivity contribution in [2.75, 3.05) is 16.8 Å². The maximum Gasteiger partial charge on any atom is 0.267 e. The van der Waals surface area contributed by atoms with Gasteiger partial charge in [-0.05, 0) is 44.0 Å². The predicted molar refractivity (Wildman–Crippen MR) is 103 cm³/mol. The van der Waals surface area contributed by atoms with Crippen LogP contribution in [-0.2, 0) is 4.79 Å². The SMILES string of the molecule is Cc1ccc(C(=O)Nc2ccc3c(c2)OC(C)C(=O)N3CC(C)C)cc1. The van der Waals surface area contributed by atoms with Crippen molar-refractivity contribution in [3.05, 3.63) is 53.6 Å². The highest BCUT2D eigenvalue weighted by Crippen LogP contribution is 2.36. The molecule has 2 amide bonds. The molecule has 26 heavy (non-hydrogen) atoms. The van der Waals surface area contributed by atoms with Gasteiger partial charge >= 0.3 is 0 Å². The number of nitrogens with zero attached hydrogens (tertiary/aromatic N) is 1. The monoisotopic (exact) mass is 352 g/mol. The molecule has 2 aromatic carbocycles. The van der Waals surface area contributed by atoms with E-state index in [9.17, 15) is 9.59 Å². The van der Waals surface area contributed by atoms with Gasteiger partial charge in [0, 0.05) is 23.9 Å². The van der Waals surface area contributed by atoms with Crippen LogP contribution >= 0.6 is 0 Å². The van der Waals surface area contributed by atoms with Crippen LogP contribution in [0.1, 0.15) is 36.7 Å². The maximum atomic E-state index is 12.4. The van der Waals surface area contributed by atoms with E-state index in [1.807, 2.05) is 25.1 Å². The van der Waals surface area contributed by atoms with Crippen molar-refractivity contribution >= 4 is 23.2 Å². The summed E-state index contributed by atoms with van der Waals surface area (Å²) >= 11 is 0. The van der Waals surface area contributed by atoms with Gasteiger partial charge in [-0.2, -0.15) is 0 Å². The number of hydrogen-bond acceptors (Lipinski definition) is 3. The third kappa shape index (κ3) is 3.72. The molecule has 0 aromatic heterocycles. The molecule has 1 aliphatic rings. The lowest BCUT2D eigenvalue weighted by molar-refractivity contribution is -0.125. The van der Waals surface area contributed by atoms with E-state index >= 15 is 0 Å². The fraction of sp³-hybridized carbons (Fsp3) is 0.333. The summed E-state index contributed by atoms with van der Waals surface area (Å²) in [6, 6.07) is 12.8. The number of amides is 2. The first-order chi connectivity index (χ1) is 12.3. The van der Waals surface area contributed by atoms with E-state index in [1.165, 1.54) is 0 Å². The molecule has 0 spiro atoms. The van der Waals surface area contributed by atoms with Crippen LogP contribution < -0.4 is 15.0 Å². The Morgan fingerprint density at radius 2 is 1.88 bits per heavy atom. The lowest BCUT2D eigenvalue weighted by Crippen LogP contribution is -2.46. The van der Waals surface area contributed by atoms with Crippen LogP contribution in [0.3, 0.4) is 0 Å². The normalized spacial score (nSPS) is 16.3. The molecular formula is C21H24N2O3. The summed E-state index contributed by atoms with van der Waals surface area (Å²) in [5, 5.41) is 2.89. The maximum absolute atomic E-state index is 12.4. The number of anilines is 2. The predicted octanol–water partition coefficient (Wildman–Crippen LogP) is 4.02. The molecule has 1 aliphatic heterocycles. The number of carbonyl (C=O) groups is 2. The molecule has 136 valence electrons. The van der Waals surface area contributed by atoms with Crippen LogP contribution in [0.4, 0.5) is 11.4 Å². The summed E-state index contributed by atoms with van der Waals surface area (Å²) in [6.07, 6.45) is -0.538. The molecule has 0 aliphatic carbocycles. The Hall–Kier alpha value is -2.82. The lowest BCUT2D eigenvalue weighted by Gasteiger charge is -2.34. The summed E-state index contributed by atoms with van der Waals surface area (Å²) in [6.45, 7) is 8.51. The second-order valence-corrected chi connectivity index (χ2v) is 7.11. The third-order valence-corrected chi connectivity index (χ3v) is 4.29. The molecule has 1 N–H and O–H groups in total. The topological polar surface area (TPSA) is 58.6 Å². The number of rotatable bonds is 4. The van der Waals surface area contributed by atoms with E-state index in [0.29, 0.717) is 29.5 Å². The van der Waals surface area contributed by atoms with Gasteiger partial charge in [-0.25, -0.2) is 0 Å². The summed E-state index contributed by atoms with van der Waals surface area (Å²) in [4.78, 5) is 26.6. The standard InChI is InChI=1S/C21H24N2O3/c1-13(2)12-23-18-10-9-17(11-19(18)26-15(4)21(23)25)22-20(24)16-7-5-14(3)6-8-16/h5-11,13,15H,12H2,1-4H3,(H,22,24). The van der Waals surface area contributed by atoms with Crippen LogP contribution in [0.25, 0.3) is 0 Å². The van der Waals surface area contributed by atoms with Crippen molar-refractivity contribution in [2.24, 2.45) is 5.92 Å². The quantitative estimate of drug-likeness (QED) is 0.904. The van der Waals surface area contributed by atoms with Gasteiger partial charge in [-0.15, -0.1) is 0 Å². The minimum atomic E-state index is -0.538. The van der Waals surface area contributed by atoms with E-state index in [2.05, 4.69) is 19.2 Å². The largest absolute Gasteiger partial charge is 0.479 e. The number of carbonyl (C=O) groups excluding carboxylic acids is 2. The van der Waals surface area contributed by atoms with Crippen molar-refractivity contribution in [1.29, 1.82) is 0 Å². The molecule has 1 atom stereocenters. The molecule has 1 heterocycles. The summed E-state index contributed by atoms with van der Waals surface area (Å²) in [5.41, 5.74) is 3.09. The van der Waals surface area contributed by atoms with Gasteiger partial charge in [0.25, 0.3) is 11.8 Å². The highest BCUT2D eigenvalue weighted by molar-refractivity contribution is 6.05. The Bertz CT molecular complexity index is 828. The van der Waals surface area contributed by atoms with Crippen molar-refractivity contribution in [3.63, 3.8) is 0 Å². The van der Waals surface area contributed by atoms with E-state index in [-0.39, 0.29) is 11.8 Å². The van der Waals surface area contributed by atoms with E-state index < -0.39 is 6.10 Å². The van der Waals surface area contributed by atoms with Crippen molar-refractivity contribution in [1.82, 2.24) is 0 Å². The Morgan fingerprint density at radius 3 is 2.54 bits per heavy atom. The van der Waals surface area contributed by atoms with Gasteiger partial charge in [0.2, 0.25) is 0 Å². The zero-order valence-electron chi connectivity index (χ0n) is 15.6. The Labute approximate surface area is 154 Å². The Morgan fingerprint density at radius 1 is 1.19 bits per heavy atom. The fourth-order valence-electron chi connectivity index (χ4n) is 2.95. The van der Waals surface area contributed by atoms with Crippen LogP contribution in [-0.4, -0.2) is 24.5 Å². The van der Waals surface area contributed by atoms with Gasteiger partial charge in [0.05, 0.1) is 5.69 Å². The minimum Gasteiger partial charge on any atom is -0.479 e. The second kappa shape index (κ2) is 7.20. The molecule has 0 fully saturated rings. The zero-order chi connectivity index (χ0) is 18.8. The second-order valence-electron chi connectivity index (χ2n) is 7.11. The van der Waals surface area contributed by atoms with Crippen molar-refractivity contribution < 1.29 is 14.3 Å². The average Bonchev–Trinajstić information content (AvgIpc) is 2.59. The van der Waals surface area contributed by atoms with Gasteiger partial charge in [-0.3, -0.25) is 9.59 Å². The highest BCUT2D eigenvalue weighted by Gasteiger charge is 2.32. The molecular weight excluding hydrogens is 328 g/mol. The van der Waals surface area contributed by atoms with Crippen molar-refractivity contribution in [2.45, 2.75) is 33.8 Å². The van der Waals surface area contributed by atoms with Crippen LogP contribution in [0.5, 0.6) is 5.75 Å². The minimum absolute atomic E-state index is 0.0392. The molecule has 0 radical (unpaired) electrons. The number of benzene rings is 2. The molecule has 0 saturated heterocycles. The first-order valence-corrected chi connectivity index (χ1v) is 8.85. The molecule has 5 heteroatoms. The van der Waals surface area contributed by atoms with Crippen LogP contribution in [0.15, 0.2) is 42.5 Å². The molecule has 0 bridgehead atoms. The van der Waals surface area contributed by atoms with Crippen LogP contribution in [0.2, 0.25) is 0 Å². The summed E-state index contributed by atoms with van der Waals surface area (Å²) in [5.74, 6) is 0.740. The third-order valence-electron chi connectivity index (χ3n) is 4.29. The smallest absolute Gasteiger partial charge is 0.267 e. The van der Waals surface area contributed by atoms with Gasteiger partial charge < -0.3 is 15.0 Å². The Kier molecular flexibility index (Phi) is 4.98. The zero-order valence-corrected chi connectivity index (χ0v) is 15.6. The molecule has 3 rings (SSSR count). The molecule has 5 nitrogen and oxygen atoms in total. The number of fused-ring (bicyclic) bond motifs is 1. The number of ether oxygens (including phenoxy) is 1. The highest BCUT2D eigenvalue weighted by atomic mass is 16.5. The number of nitrogens with one attached hydrogen (secondary N) is 1. The fourth-order valence-corrected chi connectivity index (χ4v) is 2.95. The Balaban J connectivity index is 1.84. The van der Waals surface area contributed by atoms with Gasteiger partial charge in [0.15, 0.2) is 6.10 Å². The first-order valence-electron chi connectivity index (χ1n) is 8.85. The van der Waals surface area contributed by atoms with E-state index in [1.54, 1.807) is 36.1 Å². The molecule has 0 saturated carbocycles. The van der Waals surface area contributed by atoms with Crippen LogP contribution in [0, 0.1) is 12.8 Å².